The molecule has 0 aromatic heterocycles. The Balaban J connectivity index is 2.15. The number of benzene rings is 1. The van der Waals surface area contributed by atoms with E-state index in [4.69, 9.17) is 9.47 Å². The van der Waals surface area contributed by atoms with Crippen molar-refractivity contribution in [2.45, 2.75) is 26.2 Å². The van der Waals surface area contributed by atoms with E-state index in [1.54, 1.807) is 14.2 Å². The molecule has 0 spiro atoms. The van der Waals surface area contributed by atoms with Crippen molar-refractivity contribution in [3.63, 3.8) is 0 Å². The average Bonchev–Trinajstić information content (AvgIpc) is 2.39. The first-order chi connectivity index (χ1) is 8.74. The summed E-state index contributed by atoms with van der Waals surface area (Å²) in [6.07, 6.45) is 3.73. The molecule has 3 heteroatoms. The van der Waals surface area contributed by atoms with Crippen LogP contribution in [0.4, 0.5) is 0 Å². The van der Waals surface area contributed by atoms with Gasteiger partial charge in [-0.05, 0) is 62.4 Å². The SMILES string of the molecule is COc1cc(CC2CCCNC2)cc(C)c1OC. The monoisotopic (exact) mass is 249 g/mol. The van der Waals surface area contributed by atoms with E-state index in [1.165, 1.54) is 24.9 Å². The van der Waals surface area contributed by atoms with Crippen LogP contribution in [0, 0.1) is 12.8 Å². The standard InChI is InChI=1S/C15H23NO2/c1-11-7-13(8-12-5-4-6-16-10-12)9-14(17-2)15(11)18-3/h7,9,12,16H,4-6,8,10H2,1-3H3. The summed E-state index contributed by atoms with van der Waals surface area (Å²) in [4.78, 5) is 0. The molecule has 0 radical (unpaired) electrons. The second kappa shape index (κ2) is 6.10. The topological polar surface area (TPSA) is 30.5 Å². The van der Waals surface area contributed by atoms with Crippen LogP contribution < -0.4 is 14.8 Å². The number of methoxy groups -OCH3 is 2. The molecule has 0 aliphatic carbocycles. The molecule has 1 atom stereocenters. The van der Waals surface area contributed by atoms with Gasteiger partial charge in [0.15, 0.2) is 11.5 Å². The summed E-state index contributed by atoms with van der Waals surface area (Å²) in [6, 6.07) is 4.33. The fourth-order valence-electron chi connectivity index (χ4n) is 2.78. The molecule has 100 valence electrons. The van der Waals surface area contributed by atoms with Gasteiger partial charge in [0.25, 0.3) is 0 Å². The Morgan fingerprint density at radius 1 is 1.28 bits per heavy atom. The summed E-state index contributed by atoms with van der Waals surface area (Å²) in [6.45, 7) is 4.37. The normalized spacial score (nSPS) is 19.6. The third kappa shape index (κ3) is 2.96. The number of hydrogen-bond donors (Lipinski definition) is 1. The van der Waals surface area contributed by atoms with E-state index in [0.29, 0.717) is 0 Å². The summed E-state index contributed by atoms with van der Waals surface area (Å²) < 4.78 is 10.8. The van der Waals surface area contributed by atoms with E-state index >= 15 is 0 Å². The molecule has 1 saturated heterocycles. The average molecular weight is 249 g/mol. The van der Waals surface area contributed by atoms with Crippen LogP contribution in [-0.4, -0.2) is 27.3 Å². The Labute approximate surface area is 109 Å². The molecule has 2 rings (SSSR count). The maximum atomic E-state index is 5.41. The van der Waals surface area contributed by atoms with Crippen molar-refractivity contribution in [3.8, 4) is 11.5 Å². The molecule has 1 heterocycles. The second-order valence-electron chi connectivity index (χ2n) is 5.06. The Morgan fingerprint density at radius 2 is 2.11 bits per heavy atom. The van der Waals surface area contributed by atoms with Gasteiger partial charge in [0, 0.05) is 0 Å². The van der Waals surface area contributed by atoms with Crippen LogP contribution >= 0.6 is 0 Å². The van der Waals surface area contributed by atoms with E-state index in [2.05, 4.69) is 24.4 Å². The number of rotatable bonds is 4. The molecule has 1 N–H and O–H groups in total. The molecule has 1 fully saturated rings. The Morgan fingerprint density at radius 3 is 2.72 bits per heavy atom. The smallest absolute Gasteiger partial charge is 0.163 e. The summed E-state index contributed by atoms with van der Waals surface area (Å²) >= 11 is 0. The van der Waals surface area contributed by atoms with Crippen molar-refractivity contribution in [2.24, 2.45) is 5.92 Å². The van der Waals surface area contributed by atoms with E-state index in [0.717, 1.165) is 35.9 Å². The summed E-state index contributed by atoms with van der Waals surface area (Å²) in [5.41, 5.74) is 2.49. The number of hydrogen-bond acceptors (Lipinski definition) is 3. The highest BCUT2D eigenvalue weighted by atomic mass is 16.5. The van der Waals surface area contributed by atoms with Crippen LogP contribution in [0.1, 0.15) is 24.0 Å². The molecule has 3 nitrogen and oxygen atoms in total. The van der Waals surface area contributed by atoms with Crippen LogP contribution in [-0.2, 0) is 6.42 Å². The molecule has 0 amide bonds. The third-order valence-corrected chi connectivity index (χ3v) is 3.65. The van der Waals surface area contributed by atoms with Gasteiger partial charge in [-0.15, -0.1) is 0 Å². The Kier molecular flexibility index (Phi) is 4.48. The van der Waals surface area contributed by atoms with Gasteiger partial charge in [-0.25, -0.2) is 0 Å². The first-order valence-corrected chi connectivity index (χ1v) is 6.66. The summed E-state index contributed by atoms with van der Waals surface area (Å²) in [5, 5.41) is 3.46. The predicted molar refractivity (Wildman–Crippen MR) is 73.6 cm³/mol. The van der Waals surface area contributed by atoms with Crippen molar-refractivity contribution in [2.75, 3.05) is 27.3 Å². The fourth-order valence-corrected chi connectivity index (χ4v) is 2.78. The van der Waals surface area contributed by atoms with Crippen molar-refractivity contribution in [1.29, 1.82) is 0 Å². The first kappa shape index (κ1) is 13.2. The highest BCUT2D eigenvalue weighted by Gasteiger charge is 2.16. The molecule has 0 saturated carbocycles. The molecule has 1 aliphatic heterocycles. The van der Waals surface area contributed by atoms with Crippen LogP contribution in [0.15, 0.2) is 12.1 Å². The lowest BCUT2D eigenvalue weighted by Gasteiger charge is -2.23. The number of ether oxygens (including phenoxy) is 2. The molecule has 0 bridgehead atoms. The van der Waals surface area contributed by atoms with E-state index in [-0.39, 0.29) is 0 Å². The van der Waals surface area contributed by atoms with Gasteiger partial charge in [-0.1, -0.05) is 6.07 Å². The van der Waals surface area contributed by atoms with E-state index < -0.39 is 0 Å². The molecule has 1 aromatic rings. The summed E-state index contributed by atoms with van der Waals surface area (Å²) in [7, 11) is 3.39. The third-order valence-electron chi connectivity index (χ3n) is 3.65. The minimum Gasteiger partial charge on any atom is -0.493 e. The fraction of sp³-hybridized carbons (Fsp3) is 0.600. The van der Waals surface area contributed by atoms with Crippen molar-refractivity contribution in [3.05, 3.63) is 23.3 Å². The number of aryl methyl sites for hydroxylation is 1. The molecule has 1 aliphatic rings. The zero-order valence-electron chi connectivity index (χ0n) is 11.6. The van der Waals surface area contributed by atoms with Gasteiger partial charge in [0.1, 0.15) is 0 Å². The van der Waals surface area contributed by atoms with Crippen molar-refractivity contribution >= 4 is 0 Å². The minimum atomic E-state index is 0.747. The van der Waals surface area contributed by atoms with Gasteiger partial charge in [-0.2, -0.15) is 0 Å². The Bertz CT molecular complexity index is 398. The van der Waals surface area contributed by atoms with Gasteiger partial charge in [0.2, 0.25) is 0 Å². The zero-order chi connectivity index (χ0) is 13.0. The van der Waals surface area contributed by atoms with E-state index in [9.17, 15) is 0 Å². The van der Waals surface area contributed by atoms with Crippen LogP contribution in [0.25, 0.3) is 0 Å². The van der Waals surface area contributed by atoms with Gasteiger partial charge >= 0.3 is 0 Å². The number of piperidine rings is 1. The van der Waals surface area contributed by atoms with Gasteiger partial charge in [-0.3, -0.25) is 0 Å². The van der Waals surface area contributed by atoms with Crippen LogP contribution in [0.5, 0.6) is 11.5 Å². The summed E-state index contributed by atoms with van der Waals surface area (Å²) in [5.74, 6) is 2.44. The predicted octanol–water partition coefficient (Wildman–Crippen LogP) is 2.55. The van der Waals surface area contributed by atoms with Crippen molar-refractivity contribution in [1.82, 2.24) is 5.32 Å². The first-order valence-electron chi connectivity index (χ1n) is 6.66. The zero-order valence-corrected chi connectivity index (χ0v) is 11.6. The van der Waals surface area contributed by atoms with E-state index in [1.807, 2.05) is 0 Å². The minimum absolute atomic E-state index is 0.747. The maximum Gasteiger partial charge on any atom is 0.163 e. The largest absolute Gasteiger partial charge is 0.493 e. The molecule has 1 aromatic carbocycles. The Hall–Kier alpha value is -1.22. The highest BCUT2D eigenvalue weighted by molar-refractivity contribution is 5.49. The van der Waals surface area contributed by atoms with Crippen LogP contribution in [0.3, 0.4) is 0 Å². The molecule has 1 unspecified atom stereocenters. The highest BCUT2D eigenvalue weighted by Crippen LogP contribution is 2.33. The lowest BCUT2D eigenvalue weighted by Crippen LogP contribution is -2.30. The molecule has 18 heavy (non-hydrogen) atoms. The molecular weight excluding hydrogens is 226 g/mol. The van der Waals surface area contributed by atoms with Crippen molar-refractivity contribution < 1.29 is 9.47 Å². The quantitative estimate of drug-likeness (QED) is 0.889. The second-order valence-corrected chi connectivity index (χ2v) is 5.06. The number of nitrogens with one attached hydrogen (secondary N) is 1. The van der Waals surface area contributed by atoms with Gasteiger partial charge in [0.05, 0.1) is 14.2 Å². The molecular formula is C15H23NO2. The van der Waals surface area contributed by atoms with Crippen LogP contribution in [0.2, 0.25) is 0 Å². The lowest BCUT2D eigenvalue weighted by atomic mass is 9.91. The maximum absolute atomic E-state index is 5.41. The lowest BCUT2D eigenvalue weighted by molar-refractivity contribution is 0.350. The van der Waals surface area contributed by atoms with Gasteiger partial charge < -0.3 is 14.8 Å².